The topological polar surface area (TPSA) is 63.4 Å². The number of nitrogens with two attached hydrogens (primary N) is 1. The summed E-state index contributed by atoms with van der Waals surface area (Å²) in [5.41, 5.74) is 8.44. The molecule has 1 saturated heterocycles. The van der Waals surface area contributed by atoms with E-state index in [1.165, 1.54) is 4.31 Å². The Bertz CT molecular complexity index is 763. The van der Waals surface area contributed by atoms with Gasteiger partial charge in [-0.15, -0.1) is 12.4 Å². The minimum Gasteiger partial charge on any atom is -0.326 e. The van der Waals surface area contributed by atoms with Gasteiger partial charge in [0.2, 0.25) is 10.0 Å². The predicted octanol–water partition coefficient (Wildman–Crippen LogP) is 2.79. The predicted molar refractivity (Wildman–Crippen MR) is 99.0 cm³/mol. The standard InChI is InChI=1S/C18H22N2O2S.ClH/c1-2-14-8-10-16(11-9-14)23(21,22)20-12-17(18(19)13-20)15-6-4-3-5-7-15;/h3-11,17-18H,2,12-13,19H2,1H3;1H/t17-,18+;/m0./s1. The molecular formula is C18H23ClN2O2S. The van der Waals surface area contributed by atoms with Gasteiger partial charge in [0.25, 0.3) is 0 Å². The van der Waals surface area contributed by atoms with Crippen LogP contribution in [0.5, 0.6) is 0 Å². The number of hydrogen-bond acceptors (Lipinski definition) is 3. The second-order valence-electron chi connectivity index (χ2n) is 6.00. The third-order valence-corrected chi connectivity index (χ3v) is 6.37. The molecule has 3 rings (SSSR count). The van der Waals surface area contributed by atoms with Crippen LogP contribution in [0.3, 0.4) is 0 Å². The summed E-state index contributed by atoms with van der Waals surface area (Å²) in [7, 11) is -3.48. The lowest BCUT2D eigenvalue weighted by Crippen LogP contribution is -2.32. The van der Waals surface area contributed by atoms with E-state index in [1.807, 2.05) is 49.4 Å². The second-order valence-corrected chi connectivity index (χ2v) is 7.94. The molecule has 1 aliphatic heterocycles. The molecule has 1 fully saturated rings. The summed E-state index contributed by atoms with van der Waals surface area (Å²) in [6, 6.07) is 16.8. The van der Waals surface area contributed by atoms with E-state index in [1.54, 1.807) is 12.1 Å². The van der Waals surface area contributed by atoms with Crippen molar-refractivity contribution < 1.29 is 8.42 Å². The van der Waals surface area contributed by atoms with Crippen LogP contribution in [0.25, 0.3) is 0 Å². The van der Waals surface area contributed by atoms with Crippen molar-refractivity contribution in [1.82, 2.24) is 4.31 Å². The first kappa shape index (κ1) is 18.9. The van der Waals surface area contributed by atoms with Crippen molar-refractivity contribution in [3.8, 4) is 0 Å². The SMILES string of the molecule is CCc1ccc(S(=O)(=O)N2C[C@@H](N)[C@H](c3ccccc3)C2)cc1.Cl. The van der Waals surface area contributed by atoms with Gasteiger partial charge in [-0.3, -0.25) is 0 Å². The highest BCUT2D eigenvalue weighted by atomic mass is 35.5. The van der Waals surface area contributed by atoms with E-state index in [4.69, 9.17) is 5.73 Å². The summed E-state index contributed by atoms with van der Waals surface area (Å²) < 4.78 is 27.2. The van der Waals surface area contributed by atoms with Crippen LogP contribution in [0.2, 0.25) is 0 Å². The summed E-state index contributed by atoms with van der Waals surface area (Å²) in [5.74, 6) is 0.0425. The van der Waals surface area contributed by atoms with Crippen LogP contribution in [0.4, 0.5) is 0 Å². The van der Waals surface area contributed by atoms with Crippen molar-refractivity contribution in [2.75, 3.05) is 13.1 Å². The van der Waals surface area contributed by atoms with Gasteiger partial charge >= 0.3 is 0 Å². The molecule has 2 atom stereocenters. The Labute approximate surface area is 150 Å². The molecule has 0 bridgehead atoms. The van der Waals surface area contributed by atoms with Gasteiger partial charge in [-0.25, -0.2) is 8.42 Å². The summed E-state index contributed by atoms with van der Waals surface area (Å²) >= 11 is 0. The number of hydrogen-bond donors (Lipinski definition) is 1. The van der Waals surface area contributed by atoms with Crippen LogP contribution in [0.1, 0.15) is 24.0 Å². The van der Waals surface area contributed by atoms with Gasteiger partial charge in [-0.1, -0.05) is 49.4 Å². The van der Waals surface area contributed by atoms with Gasteiger partial charge in [0, 0.05) is 25.0 Å². The minimum atomic E-state index is -3.48. The molecule has 0 radical (unpaired) electrons. The Morgan fingerprint density at radius 3 is 2.25 bits per heavy atom. The van der Waals surface area contributed by atoms with Crippen molar-refractivity contribution in [2.24, 2.45) is 5.73 Å². The van der Waals surface area contributed by atoms with Crippen LogP contribution in [0, 0.1) is 0 Å². The van der Waals surface area contributed by atoms with Crippen LogP contribution in [-0.4, -0.2) is 31.9 Å². The molecule has 130 valence electrons. The van der Waals surface area contributed by atoms with Crippen molar-refractivity contribution in [2.45, 2.75) is 30.2 Å². The zero-order valence-electron chi connectivity index (χ0n) is 13.6. The highest BCUT2D eigenvalue weighted by molar-refractivity contribution is 7.89. The first-order valence-electron chi connectivity index (χ1n) is 7.92. The lowest BCUT2D eigenvalue weighted by Gasteiger charge is -2.17. The van der Waals surface area contributed by atoms with Crippen molar-refractivity contribution >= 4 is 22.4 Å². The molecule has 4 nitrogen and oxygen atoms in total. The zero-order valence-corrected chi connectivity index (χ0v) is 15.3. The molecule has 2 aromatic carbocycles. The van der Waals surface area contributed by atoms with E-state index in [0.29, 0.717) is 18.0 Å². The van der Waals surface area contributed by atoms with E-state index in [9.17, 15) is 8.42 Å². The number of aryl methyl sites for hydroxylation is 1. The molecule has 1 heterocycles. The number of rotatable bonds is 4. The zero-order chi connectivity index (χ0) is 16.4. The van der Waals surface area contributed by atoms with E-state index in [0.717, 1.165) is 17.5 Å². The molecule has 0 aromatic heterocycles. The normalized spacial score (nSPS) is 21.4. The van der Waals surface area contributed by atoms with E-state index in [-0.39, 0.29) is 24.4 Å². The number of nitrogens with zero attached hydrogens (tertiary/aromatic N) is 1. The lowest BCUT2D eigenvalue weighted by molar-refractivity contribution is 0.470. The van der Waals surface area contributed by atoms with Crippen molar-refractivity contribution in [1.29, 1.82) is 0 Å². The molecule has 0 spiro atoms. The Kier molecular flexibility index (Phi) is 6.04. The maximum absolute atomic E-state index is 12.8. The van der Waals surface area contributed by atoms with Gasteiger partial charge in [-0.05, 0) is 29.7 Å². The molecular weight excluding hydrogens is 344 g/mol. The minimum absolute atomic E-state index is 0. The van der Waals surface area contributed by atoms with E-state index in [2.05, 4.69) is 0 Å². The smallest absolute Gasteiger partial charge is 0.243 e. The molecule has 0 unspecified atom stereocenters. The summed E-state index contributed by atoms with van der Waals surface area (Å²) in [5, 5.41) is 0. The second kappa shape index (κ2) is 7.66. The largest absolute Gasteiger partial charge is 0.326 e. The molecule has 1 aliphatic rings. The monoisotopic (exact) mass is 366 g/mol. The molecule has 6 heteroatoms. The van der Waals surface area contributed by atoms with Gasteiger partial charge in [0.15, 0.2) is 0 Å². The quantitative estimate of drug-likeness (QED) is 0.904. The maximum Gasteiger partial charge on any atom is 0.243 e. The Morgan fingerprint density at radius 2 is 1.67 bits per heavy atom. The van der Waals surface area contributed by atoms with Gasteiger partial charge in [-0.2, -0.15) is 4.31 Å². The lowest BCUT2D eigenvalue weighted by atomic mass is 9.95. The van der Waals surface area contributed by atoms with Gasteiger partial charge in [0.05, 0.1) is 4.90 Å². The summed E-state index contributed by atoms with van der Waals surface area (Å²) in [6.45, 7) is 2.84. The highest BCUT2D eigenvalue weighted by Gasteiger charge is 2.38. The van der Waals surface area contributed by atoms with Crippen LogP contribution >= 0.6 is 12.4 Å². The fourth-order valence-corrected chi connectivity index (χ4v) is 4.59. The first-order valence-corrected chi connectivity index (χ1v) is 9.36. The van der Waals surface area contributed by atoms with E-state index >= 15 is 0 Å². The Morgan fingerprint density at radius 1 is 1.04 bits per heavy atom. The third kappa shape index (κ3) is 3.64. The first-order chi connectivity index (χ1) is 11.0. The molecule has 2 N–H and O–H groups in total. The highest BCUT2D eigenvalue weighted by Crippen LogP contribution is 2.30. The fourth-order valence-electron chi connectivity index (χ4n) is 3.09. The average molecular weight is 367 g/mol. The van der Waals surface area contributed by atoms with E-state index < -0.39 is 10.0 Å². The molecule has 0 aliphatic carbocycles. The van der Waals surface area contributed by atoms with Crippen LogP contribution in [-0.2, 0) is 16.4 Å². The third-order valence-electron chi connectivity index (χ3n) is 4.53. The van der Waals surface area contributed by atoms with Crippen LogP contribution < -0.4 is 5.73 Å². The maximum atomic E-state index is 12.8. The van der Waals surface area contributed by atoms with Crippen LogP contribution in [0.15, 0.2) is 59.5 Å². The number of halogens is 1. The molecule has 2 aromatic rings. The van der Waals surface area contributed by atoms with Gasteiger partial charge in [0.1, 0.15) is 0 Å². The molecule has 0 amide bonds. The molecule has 24 heavy (non-hydrogen) atoms. The Hall–Kier alpha value is -1.40. The Balaban J connectivity index is 0.00000208. The number of benzene rings is 2. The fraction of sp³-hybridized carbons (Fsp3) is 0.333. The summed E-state index contributed by atoms with van der Waals surface area (Å²) in [4.78, 5) is 0.343. The molecule has 0 saturated carbocycles. The van der Waals surface area contributed by atoms with Crippen molar-refractivity contribution in [3.63, 3.8) is 0 Å². The van der Waals surface area contributed by atoms with Gasteiger partial charge < -0.3 is 5.73 Å². The average Bonchev–Trinajstić information content (AvgIpc) is 2.98. The number of sulfonamides is 1. The van der Waals surface area contributed by atoms with Crippen molar-refractivity contribution in [3.05, 3.63) is 65.7 Å². The summed E-state index contributed by atoms with van der Waals surface area (Å²) in [6.07, 6.45) is 0.894.